The van der Waals surface area contributed by atoms with Gasteiger partial charge in [0.15, 0.2) is 0 Å². The number of likely N-dealkylation sites (tertiary alicyclic amines) is 1. The van der Waals surface area contributed by atoms with E-state index in [2.05, 4.69) is 19.8 Å². The number of carboxylic acids is 1. The molecule has 2 aliphatic rings. The summed E-state index contributed by atoms with van der Waals surface area (Å²) in [6.45, 7) is 4.80. The van der Waals surface area contributed by atoms with Crippen LogP contribution >= 0.6 is 0 Å². The van der Waals surface area contributed by atoms with Gasteiger partial charge in [-0.3, -0.25) is 14.5 Å². The number of esters is 1. The minimum absolute atomic E-state index is 0.0454. The number of rotatable bonds is 6. The normalized spacial score (nSPS) is 17.9. The first kappa shape index (κ1) is 33.4. The summed E-state index contributed by atoms with van der Waals surface area (Å²) < 4.78 is 27.6. The number of amides is 1. The molecule has 1 aromatic carbocycles. The highest BCUT2D eigenvalue weighted by molar-refractivity contribution is 6.21. The van der Waals surface area contributed by atoms with Crippen molar-refractivity contribution in [3.63, 3.8) is 0 Å². The molecule has 0 aliphatic carbocycles. The lowest BCUT2D eigenvalue weighted by Crippen LogP contribution is -2.35. The summed E-state index contributed by atoms with van der Waals surface area (Å²) in [7, 11) is 5.01. The van der Waals surface area contributed by atoms with Crippen LogP contribution in [0.5, 0.6) is 0 Å². The fourth-order valence-electron chi connectivity index (χ4n) is 7.54. The highest BCUT2D eigenvalue weighted by atomic mass is 19.1. The third-order valence-electron chi connectivity index (χ3n) is 9.72. The lowest BCUT2D eigenvalue weighted by Gasteiger charge is -2.29. The molecule has 5 aromatic rings. The molecular weight excluding hydrogens is 663 g/mol. The third-order valence-corrected chi connectivity index (χ3v) is 9.72. The molecular formula is C35H33FN8O7. The highest BCUT2D eigenvalue weighted by Crippen LogP contribution is 2.47. The first-order chi connectivity index (χ1) is 24.3. The number of carboxylic acid groups (broad SMARTS) is 1. The minimum Gasteiger partial charge on any atom is -0.477 e. The Labute approximate surface area is 289 Å². The largest absolute Gasteiger partial charge is 0.477 e. The smallest absolute Gasteiger partial charge is 0.417 e. The van der Waals surface area contributed by atoms with Crippen LogP contribution in [0.25, 0.3) is 44.1 Å². The molecule has 3 atom stereocenters. The Morgan fingerprint density at radius 2 is 1.92 bits per heavy atom. The summed E-state index contributed by atoms with van der Waals surface area (Å²) in [6, 6.07) is 4.69. The number of hydrogen-bond donors (Lipinski definition) is 2. The maximum absolute atomic E-state index is 16.0. The fourth-order valence-corrected chi connectivity index (χ4v) is 7.54. The van der Waals surface area contributed by atoms with Crippen molar-refractivity contribution in [3.8, 4) is 17.2 Å². The summed E-state index contributed by atoms with van der Waals surface area (Å²) in [5, 5.41) is 20.7. The van der Waals surface area contributed by atoms with Crippen molar-refractivity contribution in [1.29, 1.82) is 5.26 Å². The monoisotopic (exact) mass is 696 g/mol. The van der Waals surface area contributed by atoms with Crippen molar-refractivity contribution in [2.24, 2.45) is 13.0 Å². The number of anilines is 2. The number of likely N-dealkylation sites (N-methyl/N-ethyl adjacent to an activating group) is 1. The van der Waals surface area contributed by atoms with Gasteiger partial charge in [-0.2, -0.15) is 5.26 Å². The van der Waals surface area contributed by atoms with Gasteiger partial charge >= 0.3 is 18.0 Å². The number of aryl methyl sites for hydroxylation is 1. The van der Waals surface area contributed by atoms with E-state index in [4.69, 9.17) is 14.5 Å². The topological polar surface area (TPSA) is 187 Å². The molecule has 0 bridgehead atoms. The summed E-state index contributed by atoms with van der Waals surface area (Å²) >= 11 is 0. The fraction of sp³-hybridized carbons (Fsp3) is 0.343. The number of hydrogen-bond acceptors (Lipinski definition) is 11. The SMILES string of the molecule is CC(=O)OC(C)OC(=O)N(C)c1cc(F)c(C#N)c2c1[nH]c1ncc(-c3cnc4c(c3)c(=O)c(C(=O)O)cn4C)c(N3CC[C@H]4CN(C)C[C@H]43)c12. The van der Waals surface area contributed by atoms with E-state index in [0.29, 0.717) is 40.3 Å². The van der Waals surface area contributed by atoms with Crippen LogP contribution in [-0.4, -0.2) is 93.6 Å². The van der Waals surface area contributed by atoms with Crippen LogP contribution in [0.15, 0.2) is 35.5 Å². The number of H-pyrrole nitrogens is 1. The summed E-state index contributed by atoms with van der Waals surface area (Å²) in [4.78, 5) is 67.8. The van der Waals surface area contributed by atoms with Gasteiger partial charge in [0.05, 0.1) is 33.2 Å². The molecule has 2 fully saturated rings. The lowest BCUT2D eigenvalue weighted by molar-refractivity contribution is -0.161. The zero-order valence-corrected chi connectivity index (χ0v) is 28.4. The predicted molar refractivity (Wildman–Crippen MR) is 184 cm³/mol. The molecule has 4 aromatic heterocycles. The molecule has 6 heterocycles. The molecule has 0 saturated carbocycles. The van der Waals surface area contributed by atoms with Crippen LogP contribution in [0.1, 0.15) is 36.2 Å². The average molecular weight is 697 g/mol. The quantitative estimate of drug-likeness (QED) is 0.193. The van der Waals surface area contributed by atoms with Gasteiger partial charge in [-0.05, 0) is 25.5 Å². The predicted octanol–water partition coefficient (Wildman–Crippen LogP) is 3.96. The molecule has 7 rings (SSSR count). The standard InChI is InChI=1S/C35H33FN8O7/c1-16(45)50-17(2)51-35(49)43(5)25-9-24(36)21(10-37)27-28-30(44-7-6-18-13-41(3)15-26(18)44)22(12-38-32(28)40-29(25)27)19-8-20-31(46)23(34(47)48)14-42(4)33(20)39-11-19/h8-9,11-12,14,17-18,26H,6-7,13,15H2,1-5H3,(H,38,40)(H,47,48)/t17?,18-,26+/m0/s1. The number of nitriles is 1. The second kappa shape index (κ2) is 12.4. The molecule has 0 radical (unpaired) electrons. The van der Waals surface area contributed by atoms with Crippen LogP contribution in [0.2, 0.25) is 0 Å². The van der Waals surface area contributed by atoms with Gasteiger partial charge < -0.3 is 33.9 Å². The van der Waals surface area contributed by atoms with Crippen molar-refractivity contribution in [2.45, 2.75) is 32.6 Å². The van der Waals surface area contributed by atoms with Gasteiger partial charge in [-0.15, -0.1) is 0 Å². The number of nitrogens with zero attached hydrogens (tertiary/aromatic N) is 7. The van der Waals surface area contributed by atoms with Crippen molar-refractivity contribution >= 4 is 62.4 Å². The second-order valence-corrected chi connectivity index (χ2v) is 13.0. The van der Waals surface area contributed by atoms with Gasteiger partial charge in [0.2, 0.25) is 11.7 Å². The Bertz CT molecular complexity index is 2420. The van der Waals surface area contributed by atoms with E-state index in [1.54, 1.807) is 25.5 Å². The van der Waals surface area contributed by atoms with Crippen molar-refractivity contribution in [1.82, 2.24) is 24.4 Å². The summed E-state index contributed by atoms with van der Waals surface area (Å²) in [5.41, 5.74) is 1.14. The Balaban J connectivity index is 1.51. The Kier molecular flexibility index (Phi) is 8.10. The number of aromatic amines is 1. The highest BCUT2D eigenvalue weighted by Gasteiger charge is 2.42. The Hall–Kier alpha value is -6.08. The van der Waals surface area contributed by atoms with E-state index >= 15 is 4.39 Å². The first-order valence-electron chi connectivity index (χ1n) is 16.2. The summed E-state index contributed by atoms with van der Waals surface area (Å²) in [6.07, 6.45) is 3.12. The van der Waals surface area contributed by atoms with Gasteiger partial charge in [-0.1, -0.05) is 0 Å². The van der Waals surface area contributed by atoms with Gasteiger partial charge in [-0.25, -0.2) is 23.9 Å². The zero-order chi connectivity index (χ0) is 36.5. The van der Waals surface area contributed by atoms with Crippen molar-refractivity contribution in [3.05, 3.63) is 57.9 Å². The molecule has 1 unspecified atom stereocenters. The molecule has 262 valence electrons. The van der Waals surface area contributed by atoms with E-state index in [0.717, 1.165) is 30.5 Å². The van der Waals surface area contributed by atoms with Crippen molar-refractivity contribution in [2.75, 3.05) is 43.5 Å². The number of carbonyl (C=O) groups is 3. The second-order valence-electron chi connectivity index (χ2n) is 13.0. The Morgan fingerprint density at radius 1 is 1.16 bits per heavy atom. The number of benzene rings is 1. The van der Waals surface area contributed by atoms with Crippen molar-refractivity contribution < 1.29 is 33.4 Å². The van der Waals surface area contributed by atoms with E-state index < -0.39 is 41.1 Å². The van der Waals surface area contributed by atoms with Gasteiger partial charge in [0, 0.05) is 94.8 Å². The number of carbonyl (C=O) groups excluding carboxylic acids is 2. The number of ether oxygens (including phenoxy) is 2. The molecule has 2 N–H and O–H groups in total. The molecule has 15 nitrogen and oxygen atoms in total. The van der Waals surface area contributed by atoms with E-state index in [9.17, 15) is 29.5 Å². The lowest BCUT2D eigenvalue weighted by atomic mass is 9.98. The third kappa shape index (κ3) is 5.46. The maximum atomic E-state index is 16.0. The molecule has 2 aliphatic heterocycles. The van der Waals surface area contributed by atoms with E-state index in [1.165, 1.54) is 31.7 Å². The number of aromatic nitrogens is 4. The van der Waals surface area contributed by atoms with Crippen LogP contribution in [0, 0.1) is 23.1 Å². The molecule has 51 heavy (non-hydrogen) atoms. The average Bonchev–Trinajstić information content (AvgIpc) is 3.76. The number of aromatic carboxylic acids is 1. The maximum Gasteiger partial charge on any atom is 0.417 e. The Morgan fingerprint density at radius 3 is 2.63 bits per heavy atom. The number of nitrogens with one attached hydrogen (secondary N) is 1. The van der Waals surface area contributed by atoms with Crippen LogP contribution in [0.3, 0.4) is 0 Å². The van der Waals surface area contributed by atoms with E-state index in [1.807, 2.05) is 13.1 Å². The van der Waals surface area contributed by atoms with Crippen LogP contribution < -0.4 is 15.2 Å². The zero-order valence-electron chi connectivity index (χ0n) is 28.4. The van der Waals surface area contributed by atoms with Gasteiger partial charge in [0.1, 0.15) is 28.7 Å². The molecule has 16 heteroatoms. The number of halogens is 1. The number of pyridine rings is 3. The van der Waals surface area contributed by atoms with Gasteiger partial charge in [0.25, 0.3) is 0 Å². The van der Waals surface area contributed by atoms with Crippen LogP contribution in [0.4, 0.5) is 20.6 Å². The van der Waals surface area contributed by atoms with Crippen LogP contribution in [-0.2, 0) is 21.3 Å². The molecule has 2 saturated heterocycles. The molecule has 0 spiro atoms. The first-order valence-corrected chi connectivity index (χ1v) is 16.2. The minimum atomic E-state index is -1.37. The van der Waals surface area contributed by atoms with E-state index in [-0.39, 0.29) is 39.2 Å². The summed E-state index contributed by atoms with van der Waals surface area (Å²) in [5.74, 6) is -2.58. The molecule has 1 amide bonds. The number of fused-ring (bicyclic) bond motifs is 5.